The first-order valence-corrected chi connectivity index (χ1v) is 10.8. The van der Waals surface area contributed by atoms with Gasteiger partial charge in [0.15, 0.2) is 0 Å². The quantitative estimate of drug-likeness (QED) is 0.727. The lowest BCUT2D eigenvalue weighted by Gasteiger charge is -2.31. The molecule has 1 heterocycles. The van der Waals surface area contributed by atoms with Crippen LogP contribution in [0.4, 0.5) is 0 Å². The summed E-state index contributed by atoms with van der Waals surface area (Å²) in [7, 11) is -0.794. The van der Waals surface area contributed by atoms with Crippen molar-refractivity contribution in [2.24, 2.45) is 5.92 Å². The predicted octanol–water partition coefficient (Wildman–Crippen LogP) is 2.41. The summed E-state index contributed by atoms with van der Waals surface area (Å²) in [6, 6.07) is 4.86. The molecule has 1 N–H and O–H groups in total. The van der Waals surface area contributed by atoms with Gasteiger partial charge in [-0.05, 0) is 38.3 Å². The van der Waals surface area contributed by atoms with E-state index in [2.05, 4.69) is 12.2 Å². The molecule has 0 spiro atoms. The molecule has 1 fully saturated rings. The molecule has 0 aliphatic carbocycles. The zero-order chi connectivity index (χ0) is 20.0. The zero-order valence-electron chi connectivity index (χ0n) is 16.5. The van der Waals surface area contributed by atoms with Gasteiger partial charge < -0.3 is 14.8 Å². The molecule has 1 atom stereocenters. The van der Waals surface area contributed by atoms with E-state index in [0.29, 0.717) is 31.7 Å². The summed E-state index contributed by atoms with van der Waals surface area (Å²) < 4.78 is 37.9. The summed E-state index contributed by atoms with van der Waals surface area (Å²) in [4.78, 5) is 12.5. The van der Waals surface area contributed by atoms with Gasteiger partial charge in [-0.3, -0.25) is 4.79 Å². The van der Waals surface area contributed by atoms with E-state index in [1.165, 1.54) is 24.6 Å². The topological polar surface area (TPSA) is 84.9 Å². The van der Waals surface area contributed by atoms with Crippen LogP contribution in [-0.4, -0.2) is 52.0 Å². The number of methoxy groups -OCH3 is 2. The predicted molar refractivity (Wildman–Crippen MR) is 104 cm³/mol. The highest BCUT2D eigenvalue weighted by Crippen LogP contribution is 2.32. The van der Waals surface area contributed by atoms with E-state index in [0.717, 1.165) is 12.8 Å². The fraction of sp³-hybridized carbons (Fsp3) is 0.632. The minimum atomic E-state index is -3.72. The molecule has 0 saturated carbocycles. The molecule has 1 saturated heterocycles. The molecule has 8 heteroatoms. The standard InChI is InChI=1S/C19H30N2O5S/c1-5-6-14(2)20-19(22)15-9-11-21(12-10-15)27(23,24)18-13-16(25-3)7-8-17(18)26-4/h7-8,13-15H,5-6,9-12H2,1-4H3,(H,20,22)/t14-/m1/s1. The SMILES string of the molecule is CCC[C@@H](C)NC(=O)C1CCN(S(=O)(=O)c2cc(OC)ccc2OC)CC1. The second-order valence-electron chi connectivity index (χ2n) is 6.89. The number of hydrogen-bond acceptors (Lipinski definition) is 5. The van der Waals surface area contributed by atoms with E-state index in [1.54, 1.807) is 12.1 Å². The number of benzene rings is 1. The molecule has 0 aromatic heterocycles. The third kappa shape index (κ3) is 5.13. The number of rotatable bonds is 8. The second kappa shape index (κ2) is 9.41. The van der Waals surface area contributed by atoms with Crippen molar-refractivity contribution in [1.29, 1.82) is 0 Å². The van der Waals surface area contributed by atoms with E-state index in [1.807, 2.05) is 6.92 Å². The maximum Gasteiger partial charge on any atom is 0.246 e. The average molecular weight is 399 g/mol. The number of hydrogen-bond donors (Lipinski definition) is 1. The van der Waals surface area contributed by atoms with E-state index < -0.39 is 10.0 Å². The minimum Gasteiger partial charge on any atom is -0.497 e. The van der Waals surface area contributed by atoms with Gasteiger partial charge in [-0.1, -0.05) is 13.3 Å². The Morgan fingerprint density at radius 1 is 1.26 bits per heavy atom. The lowest BCUT2D eigenvalue weighted by molar-refractivity contribution is -0.126. The van der Waals surface area contributed by atoms with Gasteiger partial charge in [-0.2, -0.15) is 4.31 Å². The lowest BCUT2D eigenvalue weighted by atomic mass is 9.96. The summed E-state index contributed by atoms with van der Waals surface area (Å²) >= 11 is 0. The first-order chi connectivity index (χ1) is 12.8. The van der Waals surface area contributed by atoms with Crippen molar-refractivity contribution < 1.29 is 22.7 Å². The fourth-order valence-electron chi connectivity index (χ4n) is 3.35. The summed E-state index contributed by atoms with van der Waals surface area (Å²) in [6.45, 7) is 4.70. The van der Waals surface area contributed by atoms with Gasteiger partial charge in [0.1, 0.15) is 16.4 Å². The van der Waals surface area contributed by atoms with Crippen LogP contribution in [0.5, 0.6) is 11.5 Å². The van der Waals surface area contributed by atoms with Gasteiger partial charge in [0, 0.05) is 31.1 Å². The van der Waals surface area contributed by atoms with Crippen LogP contribution < -0.4 is 14.8 Å². The van der Waals surface area contributed by atoms with Gasteiger partial charge in [0.2, 0.25) is 15.9 Å². The van der Waals surface area contributed by atoms with Crippen LogP contribution in [0.15, 0.2) is 23.1 Å². The van der Waals surface area contributed by atoms with E-state index in [-0.39, 0.29) is 28.5 Å². The molecular weight excluding hydrogens is 368 g/mol. The zero-order valence-corrected chi connectivity index (χ0v) is 17.3. The number of nitrogens with one attached hydrogen (secondary N) is 1. The van der Waals surface area contributed by atoms with Crippen LogP contribution in [0.3, 0.4) is 0 Å². The third-order valence-corrected chi connectivity index (χ3v) is 6.84. The molecule has 152 valence electrons. The Kier molecular flexibility index (Phi) is 7.49. The van der Waals surface area contributed by atoms with E-state index in [9.17, 15) is 13.2 Å². The maximum atomic E-state index is 13.1. The number of ether oxygens (including phenoxy) is 2. The Bertz CT molecular complexity index is 742. The Balaban J connectivity index is 2.08. The molecule has 0 radical (unpaired) electrons. The van der Waals surface area contributed by atoms with Crippen LogP contribution in [-0.2, 0) is 14.8 Å². The highest BCUT2D eigenvalue weighted by atomic mass is 32.2. The number of carbonyl (C=O) groups excluding carboxylic acids is 1. The number of amides is 1. The van der Waals surface area contributed by atoms with Crippen molar-refractivity contribution in [3.8, 4) is 11.5 Å². The molecule has 7 nitrogen and oxygen atoms in total. The smallest absolute Gasteiger partial charge is 0.246 e. The highest BCUT2D eigenvalue weighted by molar-refractivity contribution is 7.89. The average Bonchev–Trinajstić information content (AvgIpc) is 2.67. The molecule has 0 bridgehead atoms. The Labute approximate surface area is 162 Å². The maximum absolute atomic E-state index is 13.1. The van der Waals surface area contributed by atoms with Crippen LogP contribution >= 0.6 is 0 Å². The van der Waals surface area contributed by atoms with Gasteiger partial charge in [0.05, 0.1) is 14.2 Å². The molecule has 1 aromatic rings. The molecule has 1 aliphatic rings. The highest BCUT2D eigenvalue weighted by Gasteiger charge is 2.34. The van der Waals surface area contributed by atoms with E-state index in [4.69, 9.17) is 9.47 Å². The summed E-state index contributed by atoms with van der Waals surface area (Å²) in [6.07, 6.45) is 2.97. The number of sulfonamides is 1. The van der Waals surface area contributed by atoms with Gasteiger partial charge in [-0.25, -0.2) is 8.42 Å². The monoisotopic (exact) mass is 398 g/mol. The first kappa shape index (κ1) is 21.5. The fourth-order valence-corrected chi connectivity index (χ4v) is 4.99. The molecule has 2 rings (SSSR count). The minimum absolute atomic E-state index is 0.0203. The van der Waals surface area contributed by atoms with Gasteiger partial charge in [0.25, 0.3) is 0 Å². The Hall–Kier alpha value is -1.80. The molecular formula is C19H30N2O5S. The van der Waals surface area contributed by atoms with Gasteiger partial charge >= 0.3 is 0 Å². The van der Waals surface area contributed by atoms with Crippen molar-refractivity contribution in [3.05, 3.63) is 18.2 Å². The summed E-state index contributed by atoms with van der Waals surface area (Å²) in [5.74, 6) is 0.604. The lowest BCUT2D eigenvalue weighted by Crippen LogP contribution is -2.44. The summed E-state index contributed by atoms with van der Waals surface area (Å²) in [5, 5.41) is 3.03. The van der Waals surface area contributed by atoms with Crippen molar-refractivity contribution in [2.75, 3.05) is 27.3 Å². The molecule has 1 aromatic carbocycles. The normalized spacial score (nSPS) is 17.3. The third-order valence-electron chi connectivity index (χ3n) is 4.92. The number of carbonyl (C=O) groups is 1. The van der Waals surface area contributed by atoms with Crippen molar-refractivity contribution >= 4 is 15.9 Å². The molecule has 27 heavy (non-hydrogen) atoms. The largest absolute Gasteiger partial charge is 0.497 e. The number of nitrogens with zero attached hydrogens (tertiary/aromatic N) is 1. The van der Waals surface area contributed by atoms with Crippen molar-refractivity contribution in [1.82, 2.24) is 9.62 Å². The van der Waals surface area contributed by atoms with Crippen LogP contribution in [0.25, 0.3) is 0 Å². The molecule has 0 unspecified atom stereocenters. The van der Waals surface area contributed by atoms with Crippen LogP contribution in [0, 0.1) is 5.92 Å². The Morgan fingerprint density at radius 2 is 1.93 bits per heavy atom. The van der Waals surface area contributed by atoms with Crippen LogP contribution in [0.1, 0.15) is 39.5 Å². The van der Waals surface area contributed by atoms with Gasteiger partial charge in [-0.15, -0.1) is 0 Å². The number of piperidine rings is 1. The van der Waals surface area contributed by atoms with Crippen molar-refractivity contribution in [3.63, 3.8) is 0 Å². The second-order valence-corrected chi connectivity index (χ2v) is 8.80. The van der Waals surface area contributed by atoms with Crippen molar-refractivity contribution in [2.45, 2.75) is 50.5 Å². The molecule has 1 amide bonds. The molecule has 1 aliphatic heterocycles. The summed E-state index contributed by atoms with van der Waals surface area (Å²) in [5.41, 5.74) is 0. The Morgan fingerprint density at radius 3 is 2.48 bits per heavy atom. The first-order valence-electron chi connectivity index (χ1n) is 9.36. The van der Waals surface area contributed by atoms with E-state index >= 15 is 0 Å². The van der Waals surface area contributed by atoms with Crippen LogP contribution in [0.2, 0.25) is 0 Å².